The van der Waals surface area contributed by atoms with Crippen molar-refractivity contribution < 1.29 is 4.39 Å². The van der Waals surface area contributed by atoms with E-state index in [4.69, 9.17) is 0 Å². The third-order valence-electron chi connectivity index (χ3n) is 3.99. The largest absolute Gasteiger partial charge is 0.367 e. The topological polar surface area (TPSA) is 15.3 Å². The molecule has 0 fully saturated rings. The molecule has 0 aliphatic rings. The average Bonchev–Trinajstić information content (AvgIpc) is 2.34. The first-order valence-electron chi connectivity index (χ1n) is 7.35. The molecule has 0 bridgehead atoms. The van der Waals surface area contributed by atoms with Gasteiger partial charge in [-0.15, -0.1) is 0 Å². The summed E-state index contributed by atoms with van der Waals surface area (Å²) in [6.07, 6.45) is 0.962. The van der Waals surface area contributed by atoms with Gasteiger partial charge in [-0.05, 0) is 52.7 Å². The molecule has 0 unspecified atom stereocenters. The minimum absolute atomic E-state index is 0.0163. The number of hydrogen-bond donors (Lipinski definition) is 1. The molecule has 1 rings (SSSR count). The zero-order chi connectivity index (χ0) is 15.6. The van der Waals surface area contributed by atoms with E-state index in [9.17, 15) is 4.39 Å². The van der Waals surface area contributed by atoms with Crippen molar-refractivity contribution in [2.45, 2.75) is 65.6 Å². The second-order valence-corrected chi connectivity index (χ2v) is 7.08. The van der Waals surface area contributed by atoms with Gasteiger partial charge in [-0.2, -0.15) is 0 Å². The Morgan fingerprint density at radius 2 is 1.75 bits per heavy atom. The van der Waals surface area contributed by atoms with Crippen molar-refractivity contribution in [1.82, 2.24) is 5.32 Å². The minimum Gasteiger partial charge on any atom is -0.367 e. The Labute approximate surface area is 123 Å². The highest BCUT2D eigenvalue weighted by atomic mass is 19.1. The van der Waals surface area contributed by atoms with E-state index in [0.717, 1.165) is 12.0 Å². The molecule has 0 amide bonds. The molecule has 1 N–H and O–H groups in total. The van der Waals surface area contributed by atoms with Gasteiger partial charge in [-0.3, -0.25) is 0 Å². The third-order valence-corrected chi connectivity index (χ3v) is 3.99. The second-order valence-electron chi connectivity index (χ2n) is 7.08. The lowest BCUT2D eigenvalue weighted by Gasteiger charge is -2.38. The predicted octanol–water partition coefficient (Wildman–Crippen LogP) is 4.34. The van der Waals surface area contributed by atoms with Crippen LogP contribution in [0.3, 0.4) is 0 Å². The fourth-order valence-electron chi connectivity index (χ4n) is 1.98. The number of rotatable bonds is 5. The van der Waals surface area contributed by atoms with Crippen LogP contribution in [0.4, 0.5) is 10.1 Å². The number of nitrogens with zero attached hydrogens (tertiary/aromatic N) is 1. The maximum atomic E-state index is 14.3. The zero-order valence-corrected chi connectivity index (χ0v) is 14.0. The summed E-state index contributed by atoms with van der Waals surface area (Å²) in [6.45, 7) is 13.4. The fraction of sp³-hybridized carbons (Fsp3) is 0.647. The normalized spacial score (nSPS) is 12.6. The number of nitrogens with one attached hydrogen (secondary N) is 1. The van der Waals surface area contributed by atoms with Crippen LogP contribution in [0.2, 0.25) is 0 Å². The van der Waals surface area contributed by atoms with Gasteiger partial charge in [0, 0.05) is 24.7 Å². The van der Waals surface area contributed by atoms with Crippen molar-refractivity contribution in [2.24, 2.45) is 0 Å². The zero-order valence-electron chi connectivity index (χ0n) is 14.0. The van der Waals surface area contributed by atoms with Crippen molar-refractivity contribution in [2.75, 3.05) is 11.9 Å². The Hall–Kier alpha value is -1.09. The second kappa shape index (κ2) is 6.13. The Bertz CT molecular complexity index is 447. The molecule has 2 nitrogen and oxygen atoms in total. The molecule has 0 heterocycles. The molecule has 114 valence electrons. The maximum absolute atomic E-state index is 14.3. The third kappa shape index (κ3) is 4.20. The highest BCUT2D eigenvalue weighted by molar-refractivity contribution is 5.56. The molecule has 20 heavy (non-hydrogen) atoms. The van der Waals surface area contributed by atoms with Gasteiger partial charge in [0.2, 0.25) is 0 Å². The smallest absolute Gasteiger partial charge is 0.146 e. The lowest BCUT2D eigenvalue weighted by molar-refractivity contribution is 0.420. The van der Waals surface area contributed by atoms with Crippen LogP contribution >= 0.6 is 0 Å². The number of benzene rings is 1. The average molecular weight is 280 g/mol. The van der Waals surface area contributed by atoms with E-state index in [0.29, 0.717) is 12.2 Å². The summed E-state index contributed by atoms with van der Waals surface area (Å²) >= 11 is 0. The molecule has 1 aromatic rings. The van der Waals surface area contributed by atoms with Crippen LogP contribution in [-0.2, 0) is 6.54 Å². The molecule has 0 aliphatic heterocycles. The van der Waals surface area contributed by atoms with Crippen LogP contribution in [0.25, 0.3) is 0 Å². The molecule has 1 aromatic carbocycles. The van der Waals surface area contributed by atoms with E-state index >= 15 is 0 Å². The number of anilines is 1. The maximum Gasteiger partial charge on any atom is 0.146 e. The van der Waals surface area contributed by atoms with Crippen molar-refractivity contribution >= 4 is 5.69 Å². The minimum atomic E-state index is -0.151. The first kappa shape index (κ1) is 17.0. The molecule has 0 spiro atoms. The van der Waals surface area contributed by atoms with Gasteiger partial charge < -0.3 is 10.2 Å². The van der Waals surface area contributed by atoms with Gasteiger partial charge in [0.15, 0.2) is 0 Å². The summed E-state index contributed by atoms with van der Waals surface area (Å²) < 4.78 is 14.3. The molecule has 0 atom stereocenters. The van der Waals surface area contributed by atoms with E-state index < -0.39 is 0 Å². The van der Waals surface area contributed by atoms with Crippen LogP contribution < -0.4 is 10.2 Å². The Morgan fingerprint density at radius 3 is 2.25 bits per heavy atom. The number of hydrogen-bond acceptors (Lipinski definition) is 2. The van der Waals surface area contributed by atoms with Gasteiger partial charge in [0.05, 0.1) is 5.69 Å². The van der Waals surface area contributed by atoms with Crippen LogP contribution in [0.1, 0.15) is 53.5 Å². The van der Waals surface area contributed by atoms with Gasteiger partial charge in [0.25, 0.3) is 0 Å². The van der Waals surface area contributed by atoms with Gasteiger partial charge in [0.1, 0.15) is 5.82 Å². The van der Waals surface area contributed by atoms with Crippen molar-refractivity contribution in [1.29, 1.82) is 0 Å². The van der Waals surface area contributed by atoms with Crippen LogP contribution in [-0.4, -0.2) is 18.1 Å². The predicted molar refractivity (Wildman–Crippen MR) is 85.8 cm³/mol. The van der Waals surface area contributed by atoms with Gasteiger partial charge in [-0.25, -0.2) is 4.39 Å². The summed E-state index contributed by atoms with van der Waals surface area (Å²) in [6, 6.07) is 5.32. The molecular formula is C17H29FN2. The molecule has 0 aromatic heterocycles. The van der Waals surface area contributed by atoms with E-state index in [1.165, 1.54) is 6.07 Å². The lowest BCUT2D eigenvalue weighted by Crippen LogP contribution is -2.42. The van der Waals surface area contributed by atoms with Crippen molar-refractivity contribution in [3.05, 3.63) is 29.6 Å². The van der Waals surface area contributed by atoms with E-state index in [-0.39, 0.29) is 16.9 Å². The first-order valence-corrected chi connectivity index (χ1v) is 7.35. The van der Waals surface area contributed by atoms with Crippen LogP contribution in [0.15, 0.2) is 18.2 Å². The summed E-state index contributed by atoms with van der Waals surface area (Å²) in [7, 11) is 1.97. The standard InChI is InChI=1S/C17H29FN2/c1-8-17(5,6)20(7)15-13(10-9-11-14(15)18)12-19-16(2,3)4/h9-11,19H,8,12H2,1-7H3. The summed E-state index contributed by atoms with van der Waals surface area (Å²) in [5.41, 5.74) is 1.65. The molecule has 0 radical (unpaired) electrons. The molecule has 0 saturated carbocycles. The highest BCUT2D eigenvalue weighted by Gasteiger charge is 2.26. The SMILES string of the molecule is CCC(C)(C)N(C)c1c(F)cccc1CNC(C)(C)C. The van der Waals surface area contributed by atoms with E-state index in [1.54, 1.807) is 6.07 Å². The quantitative estimate of drug-likeness (QED) is 0.863. The Kier molecular flexibility index (Phi) is 5.20. The van der Waals surface area contributed by atoms with Crippen molar-refractivity contribution in [3.63, 3.8) is 0 Å². The van der Waals surface area contributed by atoms with Crippen molar-refractivity contribution in [3.8, 4) is 0 Å². The molecule has 0 aliphatic carbocycles. The highest BCUT2D eigenvalue weighted by Crippen LogP contribution is 2.30. The summed E-state index contributed by atoms with van der Waals surface area (Å²) in [5, 5.41) is 3.44. The van der Waals surface area contributed by atoms with Gasteiger partial charge in [-0.1, -0.05) is 19.1 Å². The monoisotopic (exact) mass is 280 g/mol. The van der Waals surface area contributed by atoms with Crippen LogP contribution in [0, 0.1) is 5.82 Å². The Morgan fingerprint density at radius 1 is 1.15 bits per heavy atom. The fourth-order valence-corrected chi connectivity index (χ4v) is 1.98. The summed E-state index contributed by atoms with van der Waals surface area (Å²) in [4.78, 5) is 2.06. The lowest BCUT2D eigenvalue weighted by atomic mass is 9.97. The molecule has 0 saturated heterocycles. The number of halogens is 1. The van der Waals surface area contributed by atoms with E-state index in [1.807, 2.05) is 13.1 Å². The number of para-hydroxylation sites is 1. The van der Waals surface area contributed by atoms with Crippen LogP contribution in [0.5, 0.6) is 0 Å². The summed E-state index contributed by atoms with van der Waals surface area (Å²) in [5.74, 6) is -0.151. The van der Waals surface area contributed by atoms with E-state index in [2.05, 4.69) is 51.8 Å². The molecular weight excluding hydrogens is 251 g/mol. The molecule has 3 heteroatoms. The Balaban J connectivity index is 3.12. The first-order chi connectivity index (χ1) is 9.08. The van der Waals surface area contributed by atoms with Gasteiger partial charge >= 0.3 is 0 Å².